The Hall–Kier alpha value is -3.94. The summed E-state index contributed by atoms with van der Waals surface area (Å²) in [4.78, 5) is 27.6. The molecule has 2 N–H and O–H groups in total. The van der Waals surface area contributed by atoms with Gasteiger partial charge in [0.25, 0.3) is 5.91 Å². The number of benzene rings is 2. The molecule has 2 aliphatic heterocycles. The van der Waals surface area contributed by atoms with E-state index >= 15 is 0 Å². The van der Waals surface area contributed by atoms with Gasteiger partial charge >= 0.3 is 0 Å². The zero-order valence-corrected chi connectivity index (χ0v) is 17.3. The third-order valence-electron chi connectivity index (χ3n) is 5.99. The summed E-state index contributed by atoms with van der Waals surface area (Å²) in [5.41, 5.74) is 8.40. The van der Waals surface area contributed by atoms with Gasteiger partial charge in [0.05, 0.1) is 11.7 Å². The molecule has 8 heteroatoms. The molecular formula is C24H22FN5O2. The maximum absolute atomic E-state index is 13.7. The largest absolute Gasteiger partial charge is 0.368 e. The van der Waals surface area contributed by atoms with Gasteiger partial charge in [0.2, 0.25) is 5.91 Å². The minimum Gasteiger partial charge on any atom is -0.368 e. The summed E-state index contributed by atoms with van der Waals surface area (Å²) in [5.74, 6) is -1.22. The maximum Gasteiger partial charge on any atom is 0.271 e. The maximum atomic E-state index is 13.7. The lowest BCUT2D eigenvalue weighted by molar-refractivity contribution is -0.126. The topological polar surface area (TPSA) is 83.9 Å². The lowest BCUT2D eigenvalue weighted by atomic mass is 9.98. The molecule has 0 radical (unpaired) electrons. The second kappa shape index (κ2) is 7.96. The molecule has 0 spiro atoms. The molecule has 162 valence electrons. The molecule has 0 fully saturated rings. The number of nitrogens with zero attached hydrogens (tertiary/aromatic N) is 4. The number of anilines is 1. The first kappa shape index (κ1) is 20.0. The van der Waals surface area contributed by atoms with E-state index in [2.05, 4.69) is 9.67 Å². The highest BCUT2D eigenvalue weighted by Gasteiger charge is 2.40. The number of amides is 2. The van der Waals surface area contributed by atoms with Crippen molar-refractivity contribution < 1.29 is 14.0 Å². The van der Waals surface area contributed by atoms with Crippen LogP contribution in [0, 0.1) is 5.82 Å². The summed E-state index contributed by atoms with van der Waals surface area (Å²) in [6.45, 7) is 1.18. The highest BCUT2D eigenvalue weighted by molar-refractivity contribution is 6.40. The Morgan fingerprint density at radius 2 is 1.72 bits per heavy atom. The fourth-order valence-corrected chi connectivity index (χ4v) is 4.45. The summed E-state index contributed by atoms with van der Waals surface area (Å²) in [6, 6.07) is 18.4. The van der Waals surface area contributed by atoms with Crippen molar-refractivity contribution in [2.45, 2.75) is 25.0 Å². The minimum atomic E-state index is -0.803. The molecule has 32 heavy (non-hydrogen) atoms. The number of rotatable bonds is 4. The number of nitrogens with two attached hydrogens (primary N) is 1. The summed E-state index contributed by atoms with van der Waals surface area (Å²) in [5, 5.41) is 5.88. The average Bonchev–Trinajstić information content (AvgIpc) is 3.46. The SMILES string of the molecule is NC(=O)C1CC(C(=O)N2CCn3cccc3C2c2ccccc2)=NN1c1ccc(F)cc1. The van der Waals surface area contributed by atoms with E-state index in [1.807, 2.05) is 48.7 Å². The van der Waals surface area contributed by atoms with Crippen molar-refractivity contribution in [2.24, 2.45) is 10.8 Å². The Balaban J connectivity index is 1.50. The van der Waals surface area contributed by atoms with E-state index in [4.69, 9.17) is 5.73 Å². The number of halogens is 1. The van der Waals surface area contributed by atoms with Crippen molar-refractivity contribution in [1.82, 2.24) is 9.47 Å². The first-order valence-electron chi connectivity index (χ1n) is 10.5. The van der Waals surface area contributed by atoms with Crippen LogP contribution in [0.3, 0.4) is 0 Å². The van der Waals surface area contributed by atoms with Gasteiger partial charge in [-0.2, -0.15) is 5.10 Å². The normalized spacial score (nSPS) is 20.1. The van der Waals surface area contributed by atoms with Gasteiger partial charge in [-0.3, -0.25) is 14.6 Å². The van der Waals surface area contributed by atoms with Crippen molar-refractivity contribution in [1.29, 1.82) is 0 Å². The molecular weight excluding hydrogens is 409 g/mol. The van der Waals surface area contributed by atoms with E-state index in [0.29, 0.717) is 18.8 Å². The van der Waals surface area contributed by atoms with Crippen molar-refractivity contribution >= 4 is 23.2 Å². The number of hydrogen-bond donors (Lipinski definition) is 1. The molecule has 3 heterocycles. The van der Waals surface area contributed by atoms with Gasteiger partial charge in [-0.1, -0.05) is 30.3 Å². The molecule has 2 atom stereocenters. The van der Waals surface area contributed by atoms with Crippen LogP contribution in [0.2, 0.25) is 0 Å². The van der Waals surface area contributed by atoms with E-state index in [-0.39, 0.29) is 24.1 Å². The Kier molecular flexibility index (Phi) is 4.97. The van der Waals surface area contributed by atoms with Crippen LogP contribution in [0.1, 0.15) is 23.7 Å². The Morgan fingerprint density at radius 3 is 2.44 bits per heavy atom. The number of hydrazone groups is 1. The highest BCUT2D eigenvalue weighted by atomic mass is 19.1. The van der Waals surface area contributed by atoms with Crippen molar-refractivity contribution in [3.05, 3.63) is 90.0 Å². The Bertz CT molecular complexity index is 1190. The van der Waals surface area contributed by atoms with Crippen LogP contribution >= 0.6 is 0 Å². The van der Waals surface area contributed by atoms with E-state index < -0.39 is 17.8 Å². The monoisotopic (exact) mass is 431 g/mol. The number of carbonyl (C=O) groups excluding carboxylic acids is 2. The minimum absolute atomic E-state index is 0.102. The number of primary amides is 1. The van der Waals surface area contributed by atoms with Crippen molar-refractivity contribution in [2.75, 3.05) is 11.6 Å². The van der Waals surface area contributed by atoms with Gasteiger partial charge < -0.3 is 15.2 Å². The predicted octanol–water partition coefficient (Wildman–Crippen LogP) is 2.68. The smallest absolute Gasteiger partial charge is 0.271 e. The molecule has 1 aromatic heterocycles. The standard InChI is InChI=1S/C24H22FN5O2/c25-17-8-10-18(11-9-17)30-21(23(26)31)15-19(27-30)24(32)29-14-13-28-12-4-7-20(28)22(29)16-5-2-1-3-6-16/h1-12,21-22H,13-15H2,(H2,26,31). The Morgan fingerprint density at radius 1 is 0.969 bits per heavy atom. The summed E-state index contributed by atoms with van der Waals surface area (Å²) < 4.78 is 15.5. The molecule has 2 unspecified atom stereocenters. The fourth-order valence-electron chi connectivity index (χ4n) is 4.45. The fraction of sp³-hybridized carbons (Fsp3) is 0.208. The molecule has 7 nitrogen and oxygen atoms in total. The summed E-state index contributed by atoms with van der Waals surface area (Å²) in [6.07, 6.45) is 2.12. The number of hydrogen-bond acceptors (Lipinski definition) is 4. The second-order valence-corrected chi connectivity index (χ2v) is 7.93. The third kappa shape index (κ3) is 3.43. The lowest BCUT2D eigenvalue weighted by Gasteiger charge is -2.37. The van der Waals surface area contributed by atoms with Crippen molar-refractivity contribution in [3.63, 3.8) is 0 Å². The summed E-state index contributed by atoms with van der Waals surface area (Å²) in [7, 11) is 0. The highest BCUT2D eigenvalue weighted by Crippen LogP contribution is 2.34. The zero-order chi connectivity index (χ0) is 22.2. The van der Waals surface area contributed by atoms with E-state index in [9.17, 15) is 14.0 Å². The van der Waals surface area contributed by atoms with Gasteiger partial charge in [-0.25, -0.2) is 4.39 Å². The molecule has 0 saturated carbocycles. The van der Waals surface area contributed by atoms with Crippen molar-refractivity contribution in [3.8, 4) is 0 Å². The number of aromatic nitrogens is 1. The van der Waals surface area contributed by atoms with Crippen LogP contribution < -0.4 is 10.7 Å². The number of fused-ring (bicyclic) bond motifs is 1. The third-order valence-corrected chi connectivity index (χ3v) is 5.99. The van der Waals surface area contributed by atoms with Crippen LogP contribution in [0.5, 0.6) is 0 Å². The van der Waals surface area contributed by atoms with Crippen LogP contribution in [0.25, 0.3) is 0 Å². The van der Waals surface area contributed by atoms with Crippen LogP contribution in [0.15, 0.2) is 78.0 Å². The van der Waals surface area contributed by atoms with Gasteiger partial charge in [-0.15, -0.1) is 0 Å². The van der Waals surface area contributed by atoms with Gasteiger partial charge in [-0.05, 0) is 42.0 Å². The van der Waals surface area contributed by atoms with Gasteiger partial charge in [0, 0.05) is 31.4 Å². The van der Waals surface area contributed by atoms with E-state index in [1.165, 1.54) is 29.3 Å². The van der Waals surface area contributed by atoms with Crippen LogP contribution in [0.4, 0.5) is 10.1 Å². The molecule has 5 rings (SSSR count). The van der Waals surface area contributed by atoms with Gasteiger partial charge in [0.15, 0.2) is 0 Å². The van der Waals surface area contributed by atoms with Crippen LogP contribution in [-0.2, 0) is 16.1 Å². The van der Waals surface area contributed by atoms with E-state index in [1.54, 1.807) is 4.90 Å². The molecule has 0 bridgehead atoms. The Labute approximate surface area is 184 Å². The second-order valence-electron chi connectivity index (χ2n) is 7.93. The first-order valence-corrected chi connectivity index (χ1v) is 10.5. The molecule has 0 aliphatic carbocycles. The number of carbonyl (C=O) groups is 2. The zero-order valence-electron chi connectivity index (χ0n) is 17.3. The molecule has 0 saturated heterocycles. The quantitative estimate of drug-likeness (QED) is 0.689. The van der Waals surface area contributed by atoms with Crippen LogP contribution in [-0.4, -0.2) is 39.6 Å². The first-order chi connectivity index (χ1) is 15.5. The molecule has 2 aliphatic rings. The molecule has 3 aromatic rings. The molecule has 2 aromatic carbocycles. The summed E-state index contributed by atoms with van der Waals surface area (Å²) >= 11 is 0. The predicted molar refractivity (Wildman–Crippen MR) is 118 cm³/mol. The van der Waals surface area contributed by atoms with Gasteiger partial charge in [0.1, 0.15) is 17.6 Å². The van der Waals surface area contributed by atoms with E-state index in [0.717, 1.165) is 11.3 Å². The lowest BCUT2D eigenvalue weighted by Crippen LogP contribution is -2.45. The molecule has 2 amide bonds. The average molecular weight is 431 g/mol.